The first kappa shape index (κ1) is 18.9. The molecule has 2 aromatic carbocycles. The van der Waals surface area contributed by atoms with Crippen LogP contribution in [-0.4, -0.2) is 6.01 Å². The highest BCUT2D eigenvalue weighted by Crippen LogP contribution is 2.34. The predicted octanol–water partition coefficient (Wildman–Crippen LogP) is 7.09. The number of halogens is 3. The topological polar surface area (TPSA) is 24.7 Å². The fraction of sp³-hybridized carbons (Fsp3) is 0.350. The fourth-order valence-electron chi connectivity index (χ4n) is 2.50. The highest BCUT2D eigenvalue weighted by Gasteiger charge is 2.29. The molecule has 2 nitrogen and oxygen atoms in total. The summed E-state index contributed by atoms with van der Waals surface area (Å²) in [6.07, 6.45) is -4.35. The van der Waals surface area contributed by atoms with Gasteiger partial charge >= 0.3 is 6.18 Å². The lowest BCUT2D eigenvalue weighted by Crippen LogP contribution is -2.03. The zero-order valence-corrected chi connectivity index (χ0v) is 14.7. The van der Waals surface area contributed by atoms with Gasteiger partial charge < -0.3 is 0 Å². The summed E-state index contributed by atoms with van der Waals surface area (Å²) < 4.78 is 37.7. The molecule has 2 rings (SSSR count). The van der Waals surface area contributed by atoms with Crippen molar-refractivity contribution >= 4 is 17.4 Å². The van der Waals surface area contributed by atoms with E-state index in [4.69, 9.17) is 0 Å². The van der Waals surface area contributed by atoms with Gasteiger partial charge in [0.1, 0.15) is 6.01 Å². The lowest BCUT2D eigenvalue weighted by atomic mass is 9.93. The van der Waals surface area contributed by atoms with Crippen LogP contribution >= 0.6 is 0 Å². The molecule has 0 aromatic heterocycles. The highest BCUT2D eigenvalue weighted by molar-refractivity contribution is 5.64. The number of alkyl halides is 3. The third-order valence-electron chi connectivity index (χ3n) is 3.88. The second-order valence-corrected chi connectivity index (χ2v) is 6.46. The molecule has 0 saturated heterocycles. The van der Waals surface area contributed by atoms with Crippen LogP contribution < -0.4 is 0 Å². The molecule has 0 unspecified atom stereocenters. The van der Waals surface area contributed by atoms with E-state index >= 15 is 0 Å². The second kappa shape index (κ2) is 7.66. The summed E-state index contributed by atoms with van der Waals surface area (Å²) >= 11 is 0. The van der Waals surface area contributed by atoms with E-state index < -0.39 is 11.7 Å². The summed E-state index contributed by atoms with van der Waals surface area (Å²) in [6.45, 7) is 8.36. The first-order valence-corrected chi connectivity index (χ1v) is 8.16. The van der Waals surface area contributed by atoms with Gasteiger partial charge in [-0.15, -0.1) is 0 Å². The van der Waals surface area contributed by atoms with Crippen molar-refractivity contribution in [3.05, 3.63) is 59.2 Å². The summed E-state index contributed by atoms with van der Waals surface area (Å²) in [5.41, 5.74) is 2.71. The average molecular weight is 346 g/mol. The Hall–Kier alpha value is -2.39. The summed E-state index contributed by atoms with van der Waals surface area (Å²) in [7, 11) is 0. The van der Waals surface area contributed by atoms with Crippen LogP contribution in [0.2, 0.25) is 0 Å². The van der Waals surface area contributed by atoms with Crippen LogP contribution in [-0.2, 0) is 6.18 Å². The van der Waals surface area contributed by atoms with Crippen molar-refractivity contribution in [1.82, 2.24) is 0 Å². The Morgan fingerprint density at radius 1 is 0.800 bits per heavy atom. The van der Waals surface area contributed by atoms with Crippen molar-refractivity contribution in [3.63, 3.8) is 0 Å². The smallest absolute Gasteiger partial charge is 0.188 e. The molecule has 2 aromatic rings. The maximum Gasteiger partial charge on any atom is 0.416 e. The molecule has 0 spiro atoms. The number of hydrogen-bond acceptors (Lipinski definition) is 2. The lowest BCUT2D eigenvalue weighted by Gasteiger charge is -2.15. The summed E-state index contributed by atoms with van der Waals surface area (Å²) in [5, 5.41) is 0. The summed E-state index contributed by atoms with van der Waals surface area (Å²) in [6, 6.07) is 13.3. The maximum atomic E-state index is 12.6. The average Bonchev–Trinajstić information content (AvgIpc) is 2.54. The molecule has 0 aliphatic heterocycles. The largest absolute Gasteiger partial charge is 0.416 e. The zero-order chi connectivity index (χ0) is 18.6. The minimum atomic E-state index is -4.35. The van der Waals surface area contributed by atoms with E-state index in [0.717, 1.165) is 28.9 Å². The van der Waals surface area contributed by atoms with Crippen molar-refractivity contribution in [2.45, 2.75) is 45.7 Å². The van der Waals surface area contributed by atoms with Crippen molar-refractivity contribution in [1.29, 1.82) is 0 Å². The molecule has 0 radical (unpaired) electrons. The molecular formula is C20H21F3N2. The van der Waals surface area contributed by atoms with E-state index in [9.17, 15) is 13.2 Å². The quantitative estimate of drug-likeness (QED) is 0.528. The molecule has 0 aliphatic rings. The van der Waals surface area contributed by atoms with E-state index in [1.807, 2.05) is 18.2 Å². The first-order chi connectivity index (χ1) is 11.7. The molecule has 0 N–H and O–H groups in total. The standard InChI is InChI=1S/C20H21F3N2/c1-13(2)17-6-5-7-18(14(3)4)19(17)25-12-24-16-10-8-15(9-11-16)20(21,22)23/h5-11,13-14H,1-4H3. The van der Waals surface area contributed by atoms with Crippen LogP contribution in [0.4, 0.5) is 24.5 Å². The van der Waals surface area contributed by atoms with E-state index in [-0.39, 0.29) is 0 Å². The minimum absolute atomic E-state index is 0.297. The van der Waals surface area contributed by atoms with Crippen molar-refractivity contribution < 1.29 is 13.2 Å². The normalized spacial score (nSPS) is 11.6. The van der Waals surface area contributed by atoms with Gasteiger partial charge in [0, 0.05) is 0 Å². The minimum Gasteiger partial charge on any atom is -0.188 e. The summed E-state index contributed by atoms with van der Waals surface area (Å²) in [4.78, 5) is 8.42. The van der Waals surface area contributed by atoms with E-state index in [1.54, 1.807) is 0 Å². The van der Waals surface area contributed by atoms with Crippen molar-refractivity contribution in [2.24, 2.45) is 9.98 Å². The van der Waals surface area contributed by atoms with Gasteiger partial charge in [-0.2, -0.15) is 23.2 Å². The van der Waals surface area contributed by atoms with E-state index in [0.29, 0.717) is 17.5 Å². The van der Waals surface area contributed by atoms with Crippen LogP contribution in [0.1, 0.15) is 56.2 Å². The molecule has 25 heavy (non-hydrogen) atoms. The first-order valence-electron chi connectivity index (χ1n) is 8.16. The molecule has 0 bridgehead atoms. The van der Waals surface area contributed by atoms with Crippen LogP contribution in [0.5, 0.6) is 0 Å². The van der Waals surface area contributed by atoms with Crippen molar-refractivity contribution in [3.8, 4) is 0 Å². The number of rotatable bonds is 4. The zero-order valence-electron chi connectivity index (χ0n) is 14.7. The van der Waals surface area contributed by atoms with Crippen molar-refractivity contribution in [2.75, 3.05) is 0 Å². The molecule has 0 amide bonds. The van der Waals surface area contributed by atoms with E-state index in [1.165, 1.54) is 12.1 Å². The second-order valence-electron chi connectivity index (χ2n) is 6.46. The Balaban J connectivity index is 2.37. The molecule has 0 aliphatic carbocycles. The Kier molecular flexibility index (Phi) is 5.81. The number of aliphatic imine (C=N–C) groups is 2. The third-order valence-corrected chi connectivity index (χ3v) is 3.88. The SMILES string of the molecule is CC(C)c1cccc(C(C)C)c1N=C=Nc1ccc(C(F)(F)F)cc1. The van der Waals surface area contributed by atoms with Crippen LogP contribution in [0.3, 0.4) is 0 Å². The predicted molar refractivity (Wildman–Crippen MR) is 95.2 cm³/mol. The van der Waals surface area contributed by atoms with Crippen LogP contribution in [0.15, 0.2) is 52.4 Å². The van der Waals surface area contributed by atoms with Gasteiger partial charge in [0.2, 0.25) is 0 Å². The summed E-state index contributed by atoms with van der Waals surface area (Å²) in [5.74, 6) is 0.593. The lowest BCUT2D eigenvalue weighted by molar-refractivity contribution is -0.137. The van der Waals surface area contributed by atoms with Gasteiger partial charge in [-0.1, -0.05) is 45.9 Å². The Morgan fingerprint density at radius 3 is 1.76 bits per heavy atom. The van der Waals surface area contributed by atoms with E-state index in [2.05, 4.69) is 43.7 Å². The molecule has 0 heterocycles. The van der Waals surface area contributed by atoms with Gasteiger partial charge in [0.05, 0.1) is 16.9 Å². The number of para-hydroxylation sites is 1. The number of nitrogens with zero attached hydrogens (tertiary/aromatic N) is 2. The molecule has 0 saturated carbocycles. The molecule has 0 atom stereocenters. The maximum absolute atomic E-state index is 12.6. The third kappa shape index (κ3) is 4.80. The highest BCUT2D eigenvalue weighted by atomic mass is 19.4. The molecule has 132 valence electrons. The van der Waals surface area contributed by atoms with Crippen LogP contribution in [0.25, 0.3) is 0 Å². The van der Waals surface area contributed by atoms with Gasteiger partial charge in [0.15, 0.2) is 0 Å². The van der Waals surface area contributed by atoms with Gasteiger partial charge in [0.25, 0.3) is 0 Å². The number of hydrogen-bond donors (Lipinski definition) is 0. The monoisotopic (exact) mass is 346 g/mol. The van der Waals surface area contributed by atoms with Gasteiger partial charge in [-0.3, -0.25) is 0 Å². The Bertz CT molecular complexity index is 755. The molecular weight excluding hydrogens is 325 g/mol. The Labute approximate surface area is 146 Å². The molecule has 5 heteroatoms. The Morgan fingerprint density at radius 2 is 1.32 bits per heavy atom. The van der Waals surface area contributed by atoms with Gasteiger partial charge in [-0.05, 0) is 47.2 Å². The van der Waals surface area contributed by atoms with Crippen LogP contribution in [0, 0.1) is 0 Å². The fourth-order valence-corrected chi connectivity index (χ4v) is 2.50. The number of benzene rings is 2. The van der Waals surface area contributed by atoms with Gasteiger partial charge in [-0.25, -0.2) is 0 Å². The molecule has 0 fully saturated rings.